The number of aryl methyl sites for hydroxylation is 1. The number of anilines is 1. The molecule has 0 saturated heterocycles. The first-order valence-electron chi connectivity index (χ1n) is 7.08. The number of benzene rings is 1. The summed E-state index contributed by atoms with van der Waals surface area (Å²) in [6.45, 7) is 2.14. The smallest absolute Gasteiger partial charge is 0.162 e. The molecule has 1 N–H and O–H groups in total. The lowest BCUT2D eigenvalue weighted by atomic mass is 10.0. The number of rotatable bonds is 4. The summed E-state index contributed by atoms with van der Waals surface area (Å²) in [4.78, 5) is 9.49. The number of hydrogen-bond acceptors (Lipinski definition) is 3. The van der Waals surface area contributed by atoms with Crippen molar-refractivity contribution in [3.63, 3.8) is 0 Å². The summed E-state index contributed by atoms with van der Waals surface area (Å²) in [6, 6.07) is 8.56. The van der Waals surface area contributed by atoms with Crippen LogP contribution in [-0.2, 0) is 6.42 Å². The first kappa shape index (κ1) is 13.8. The van der Waals surface area contributed by atoms with E-state index in [1.807, 2.05) is 7.05 Å². The maximum atomic E-state index is 4.78. The standard InChI is InChI=1S/C16H18IN3/c1-3-13-14(17)16(18-2)20-15(19-13)12-7-5-4-6-11(12)10-8-9-10/h4-7,10H,3,8-9H2,1-2H3,(H,18,19,20). The Morgan fingerprint density at radius 1 is 1.25 bits per heavy atom. The van der Waals surface area contributed by atoms with Crippen LogP contribution in [0.25, 0.3) is 11.4 Å². The van der Waals surface area contributed by atoms with Crippen LogP contribution in [0.4, 0.5) is 5.82 Å². The van der Waals surface area contributed by atoms with E-state index in [9.17, 15) is 0 Å². The molecule has 1 heterocycles. The normalized spacial score (nSPS) is 14.3. The third-order valence-corrected chi connectivity index (χ3v) is 4.84. The third kappa shape index (κ3) is 2.53. The second-order valence-corrected chi connectivity index (χ2v) is 6.20. The van der Waals surface area contributed by atoms with Gasteiger partial charge in [-0.05, 0) is 53.3 Å². The van der Waals surface area contributed by atoms with Crippen LogP contribution in [0.2, 0.25) is 0 Å². The lowest BCUT2D eigenvalue weighted by molar-refractivity contribution is 0.984. The van der Waals surface area contributed by atoms with E-state index in [1.165, 1.54) is 24.0 Å². The van der Waals surface area contributed by atoms with Crippen LogP contribution in [0.15, 0.2) is 24.3 Å². The number of nitrogens with one attached hydrogen (secondary N) is 1. The Balaban J connectivity index is 2.14. The molecule has 1 aromatic carbocycles. The van der Waals surface area contributed by atoms with Crippen molar-refractivity contribution in [3.8, 4) is 11.4 Å². The van der Waals surface area contributed by atoms with Crippen molar-refractivity contribution in [2.24, 2.45) is 0 Å². The molecule has 0 atom stereocenters. The van der Waals surface area contributed by atoms with Gasteiger partial charge in [-0.3, -0.25) is 0 Å². The first-order valence-corrected chi connectivity index (χ1v) is 8.16. The molecule has 1 saturated carbocycles. The average Bonchev–Trinajstić information content (AvgIpc) is 3.32. The maximum absolute atomic E-state index is 4.78. The molecule has 1 fully saturated rings. The molecule has 0 unspecified atom stereocenters. The summed E-state index contributed by atoms with van der Waals surface area (Å²) >= 11 is 2.32. The zero-order valence-electron chi connectivity index (χ0n) is 11.8. The molecule has 4 heteroatoms. The second kappa shape index (κ2) is 5.68. The Labute approximate surface area is 133 Å². The number of nitrogens with zero attached hydrogens (tertiary/aromatic N) is 2. The lowest BCUT2D eigenvalue weighted by Gasteiger charge is -2.12. The van der Waals surface area contributed by atoms with Crippen LogP contribution < -0.4 is 5.32 Å². The topological polar surface area (TPSA) is 37.8 Å². The van der Waals surface area contributed by atoms with Crippen molar-refractivity contribution < 1.29 is 0 Å². The van der Waals surface area contributed by atoms with Crippen molar-refractivity contribution >= 4 is 28.4 Å². The van der Waals surface area contributed by atoms with Crippen molar-refractivity contribution in [1.82, 2.24) is 9.97 Å². The highest BCUT2D eigenvalue weighted by Gasteiger charge is 2.27. The Morgan fingerprint density at radius 2 is 2.00 bits per heavy atom. The average molecular weight is 379 g/mol. The Bertz CT molecular complexity index is 610. The molecule has 1 aliphatic rings. The van der Waals surface area contributed by atoms with Crippen LogP contribution in [0, 0.1) is 3.57 Å². The van der Waals surface area contributed by atoms with E-state index in [2.05, 4.69) is 59.1 Å². The molecule has 0 aliphatic heterocycles. The van der Waals surface area contributed by atoms with Gasteiger partial charge >= 0.3 is 0 Å². The summed E-state index contributed by atoms with van der Waals surface area (Å²) in [6.07, 6.45) is 3.51. The van der Waals surface area contributed by atoms with E-state index in [4.69, 9.17) is 9.97 Å². The summed E-state index contributed by atoms with van der Waals surface area (Å²) in [5, 5.41) is 3.19. The van der Waals surface area contributed by atoms with Gasteiger partial charge in [-0.25, -0.2) is 9.97 Å². The highest BCUT2D eigenvalue weighted by Crippen LogP contribution is 2.44. The van der Waals surface area contributed by atoms with E-state index in [0.29, 0.717) is 5.92 Å². The zero-order chi connectivity index (χ0) is 14.1. The van der Waals surface area contributed by atoms with E-state index in [0.717, 1.165) is 27.3 Å². The van der Waals surface area contributed by atoms with Gasteiger partial charge in [-0.1, -0.05) is 31.2 Å². The zero-order valence-corrected chi connectivity index (χ0v) is 13.9. The monoisotopic (exact) mass is 379 g/mol. The fourth-order valence-corrected chi connectivity index (χ4v) is 3.36. The maximum Gasteiger partial charge on any atom is 0.162 e. The summed E-state index contributed by atoms with van der Waals surface area (Å²) in [5.41, 5.74) is 3.71. The van der Waals surface area contributed by atoms with E-state index >= 15 is 0 Å². The largest absolute Gasteiger partial charge is 0.372 e. The molecule has 1 aromatic heterocycles. The van der Waals surface area contributed by atoms with Crippen molar-refractivity contribution in [2.45, 2.75) is 32.1 Å². The van der Waals surface area contributed by atoms with Gasteiger partial charge in [0.2, 0.25) is 0 Å². The Kier molecular flexibility index (Phi) is 3.92. The molecule has 0 bridgehead atoms. The van der Waals surface area contributed by atoms with E-state index in [1.54, 1.807) is 0 Å². The molecule has 2 aromatic rings. The number of hydrogen-bond donors (Lipinski definition) is 1. The SMILES string of the molecule is CCc1nc(-c2ccccc2C2CC2)nc(NC)c1I. The van der Waals surface area contributed by atoms with Crippen molar-refractivity contribution in [2.75, 3.05) is 12.4 Å². The van der Waals surface area contributed by atoms with Crippen LogP contribution in [0.5, 0.6) is 0 Å². The lowest BCUT2D eigenvalue weighted by Crippen LogP contribution is -2.05. The second-order valence-electron chi connectivity index (χ2n) is 5.12. The summed E-state index contributed by atoms with van der Waals surface area (Å²) < 4.78 is 1.13. The van der Waals surface area contributed by atoms with Gasteiger partial charge in [0, 0.05) is 12.6 Å². The van der Waals surface area contributed by atoms with E-state index in [-0.39, 0.29) is 0 Å². The fourth-order valence-electron chi connectivity index (χ4n) is 2.46. The summed E-state index contributed by atoms with van der Waals surface area (Å²) in [7, 11) is 1.92. The van der Waals surface area contributed by atoms with Gasteiger partial charge in [-0.15, -0.1) is 0 Å². The van der Waals surface area contributed by atoms with Crippen LogP contribution in [0.3, 0.4) is 0 Å². The van der Waals surface area contributed by atoms with Gasteiger partial charge in [0.1, 0.15) is 5.82 Å². The molecule has 0 spiro atoms. The molecule has 20 heavy (non-hydrogen) atoms. The minimum absolute atomic E-state index is 0.706. The van der Waals surface area contributed by atoms with Crippen molar-refractivity contribution in [3.05, 3.63) is 39.1 Å². The van der Waals surface area contributed by atoms with E-state index < -0.39 is 0 Å². The molecular weight excluding hydrogens is 361 g/mol. The van der Waals surface area contributed by atoms with Gasteiger partial charge < -0.3 is 5.32 Å². The summed E-state index contributed by atoms with van der Waals surface area (Å²) in [5.74, 6) is 2.49. The molecule has 3 rings (SSSR count). The van der Waals surface area contributed by atoms with Crippen LogP contribution in [-0.4, -0.2) is 17.0 Å². The van der Waals surface area contributed by atoms with Gasteiger partial charge in [-0.2, -0.15) is 0 Å². The molecule has 3 nitrogen and oxygen atoms in total. The molecule has 0 radical (unpaired) electrons. The van der Waals surface area contributed by atoms with Crippen LogP contribution >= 0.6 is 22.6 Å². The molecule has 1 aliphatic carbocycles. The quantitative estimate of drug-likeness (QED) is 0.808. The fraction of sp³-hybridized carbons (Fsp3) is 0.375. The highest BCUT2D eigenvalue weighted by molar-refractivity contribution is 14.1. The van der Waals surface area contributed by atoms with Crippen molar-refractivity contribution in [1.29, 1.82) is 0 Å². The number of halogens is 1. The van der Waals surface area contributed by atoms with Gasteiger partial charge in [0.15, 0.2) is 5.82 Å². The number of aromatic nitrogens is 2. The Hall–Kier alpha value is -1.17. The third-order valence-electron chi connectivity index (χ3n) is 3.71. The highest BCUT2D eigenvalue weighted by atomic mass is 127. The van der Waals surface area contributed by atoms with Gasteiger partial charge in [0.25, 0.3) is 0 Å². The predicted octanol–water partition coefficient (Wildman–Crippen LogP) is 4.23. The minimum atomic E-state index is 0.706. The van der Waals surface area contributed by atoms with Gasteiger partial charge in [0.05, 0.1) is 9.26 Å². The predicted molar refractivity (Wildman–Crippen MR) is 91.1 cm³/mol. The first-order chi connectivity index (χ1) is 9.74. The van der Waals surface area contributed by atoms with Crippen LogP contribution in [0.1, 0.15) is 36.9 Å². The molecule has 0 amide bonds. The Morgan fingerprint density at radius 3 is 2.65 bits per heavy atom. The molecular formula is C16H18IN3. The minimum Gasteiger partial charge on any atom is -0.372 e. The molecule has 104 valence electrons.